The summed E-state index contributed by atoms with van der Waals surface area (Å²) in [6.45, 7) is 9.20. The van der Waals surface area contributed by atoms with Crippen LogP contribution in [0.1, 0.15) is 37.2 Å². The molecule has 2 N–H and O–H groups in total. The van der Waals surface area contributed by atoms with Crippen LogP contribution in [0.3, 0.4) is 0 Å². The zero-order chi connectivity index (χ0) is 15.1. The van der Waals surface area contributed by atoms with Gasteiger partial charge in [0, 0.05) is 31.5 Å². The maximum atomic E-state index is 12.1. The van der Waals surface area contributed by atoms with Crippen LogP contribution in [0.4, 0.5) is 5.69 Å². The molecule has 2 heterocycles. The van der Waals surface area contributed by atoms with Gasteiger partial charge in [0.1, 0.15) is 5.69 Å². The number of nitrogens with one attached hydrogen (secondary N) is 2. The average Bonchev–Trinajstić information content (AvgIpc) is 2.98. The summed E-state index contributed by atoms with van der Waals surface area (Å²) in [6.07, 6.45) is 4.28. The van der Waals surface area contributed by atoms with E-state index in [1.807, 2.05) is 13.0 Å². The number of rotatable bonds is 7. The van der Waals surface area contributed by atoms with E-state index in [-0.39, 0.29) is 5.91 Å². The lowest BCUT2D eigenvalue weighted by Gasteiger charge is -2.20. The number of likely N-dealkylation sites (tertiary alicyclic amines) is 1. The number of carbonyl (C=O) groups is 1. The number of hydrogen-bond donors (Lipinski definition) is 2. The molecule has 1 saturated heterocycles. The van der Waals surface area contributed by atoms with Crippen molar-refractivity contribution in [2.75, 3.05) is 38.0 Å². The molecule has 1 aromatic rings. The standard InChI is InChI=1S/C16H26N4O/c1-3-17-14-6-7-18-15(10-14)16(21)19-11-13(2)12-20-8-4-5-9-20/h6-7,10,13H,3-5,8-9,11-12H2,1-2H3,(H,17,18)(H,19,21). The van der Waals surface area contributed by atoms with Gasteiger partial charge in [-0.1, -0.05) is 6.92 Å². The fraction of sp³-hybridized carbons (Fsp3) is 0.625. The van der Waals surface area contributed by atoms with Crippen molar-refractivity contribution in [2.45, 2.75) is 26.7 Å². The van der Waals surface area contributed by atoms with E-state index in [1.54, 1.807) is 12.3 Å². The van der Waals surface area contributed by atoms with E-state index in [4.69, 9.17) is 0 Å². The smallest absolute Gasteiger partial charge is 0.269 e. The Morgan fingerprint density at radius 1 is 1.43 bits per heavy atom. The van der Waals surface area contributed by atoms with Crippen molar-refractivity contribution in [1.82, 2.24) is 15.2 Å². The fourth-order valence-corrected chi connectivity index (χ4v) is 2.70. The first-order chi connectivity index (χ1) is 10.2. The zero-order valence-electron chi connectivity index (χ0n) is 13.1. The molecule has 5 heteroatoms. The molecule has 1 aliphatic rings. The quantitative estimate of drug-likeness (QED) is 0.806. The molecule has 1 unspecified atom stereocenters. The molecule has 0 aliphatic carbocycles. The lowest BCUT2D eigenvalue weighted by atomic mass is 10.1. The fourth-order valence-electron chi connectivity index (χ4n) is 2.70. The summed E-state index contributed by atoms with van der Waals surface area (Å²) in [6, 6.07) is 3.67. The van der Waals surface area contributed by atoms with E-state index in [2.05, 4.69) is 27.4 Å². The van der Waals surface area contributed by atoms with Crippen LogP contribution in [0.5, 0.6) is 0 Å². The van der Waals surface area contributed by atoms with E-state index in [1.165, 1.54) is 25.9 Å². The van der Waals surface area contributed by atoms with Crippen molar-refractivity contribution in [3.8, 4) is 0 Å². The maximum absolute atomic E-state index is 12.1. The third-order valence-electron chi connectivity index (χ3n) is 3.75. The van der Waals surface area contributed by atoms with Crippen LogP contribution in [-0.4, -0.2) is 48.5 Å². The summed E-state index contributed by atoms with van der Waals surface area (Å²) in [7, 11) is 0. The minimum Gasteiger partial charge on any atom is -0.385 e. The molecule has 5 nitrogen and oxygen atoms in total. The topological polar surface area (TPSA) is 57.3 Å². The summed E-state index contributed by atoms with van der Waals surface area (Å²) in [5.41, 5.74) is 1.41. The highest BCUT2D eigenvalue weighted by Crippen LogP contribution is 2.10. The summed E-state index contributed by atoms with van der Waals surface area (Å²) in [5.74, 6) is 0.368. The third kappa shape index (κ3) is 5.01. The summed E-state index contributed by atoms with van der Waals surface area (Å²) in [4.78, 5) is 18.7. The number of anilines is 1. The van der Waals surface area contributed by atoms with Crippen LogP contribution in [-0.2, 0) is 0 Å². The van der Waals surface area contributed by atoms with Gasteiger partial charge >= 0.3 is 0 Å². The van der Waals surface area contributed by atoms with E-state index in [0.717, 1.165) is 18.8 Å². The first kappa shape index (κ1) is 15.8. The molecular formula is C16H26N4O. The second-order valence-corrected chi connectivity index (χ2v) is 5.78. The Balaban J connectivity index is 1.79. The van der Waals surface area contributed by atoms with Gasteiger partial charge in [0.15, 0.2) is 0 Å². The molecule has 0 bridgehead atoms. The minimum atomic E-state index is -0.0944. The summed E-state index contributed by atoms with van der Waals surface area (Å²) in [5, 5.41) is 6.18. The van der Waals surface area contributed by atoms with Crippen molar-refractivity contribution < 1.29 is 4.79 Å². The first-order valence-electron chi connectivity index (χ1n) is 7.89. The monoisotopic (exact) mass is 290 g/mol. The van der Waals surface area contributed by atoms with Crippen LogP contribution < -0.4 is 10.6 Å². The van der Waals surface area contributed by atoms with Crippen molar-refractivity contribution >= 4 is 11.6 Å². The van der Waals surface area contributed by atoms with E-state index in [9.17, 15) is 4.79 Å². The number of carbonyl (C=O) groups excluding carboxylic acids is 1. The molecule has 0 radical (unpaired) electrons. The molecule has 1 aliphatic heterocycles. The predicted molar refractivity (Wildman–Crippen MR) is 85.6 cm³/mol. The van der Waals surface area contributed by atoms with Crippen LogP contribution >= 0.6 is 0 Å². The Morgan fingerprint density at radius 2 is 2.19 bits per heavy atom. The molecular weight excluding hydrogens is 264 g/mol. The Kier molecular flexibility index (Phi) is 5.99. The Bertz CT molecular complexity index is 457. The number of aromatic nitrogens is 1. The SMILES string of the molecule is CCNc1ccnc(C(=O)NCC(C)CN2CCCC2)c1. The van der Waals surface area contributed by atoms with Gasteiger partial charge in [0.25, 0.3) is 5.91 Å². The zero-order valence-corrected chi connectivity index (χ0v) is 13.1. The molecule has 116 valence electrons. The number of nitrogens with zero attached hydrogens (tertiary/aromatic N) is 2. The van der Waals surface area contributed by atoms with Gasteiger partial charge in [-0.2, -0.15) is 0 Å². The minimum absolute atomic E-state index is 0.0944. The molecule has 1 fully saturated rings. The molecule has 0 spiro atoms. The second-order valence-electron chi connectivity index (χ2n) is 5.78. The number of hydrogen-bond acceptors (Lipinski definition) is 4. The molecule has 1 amide bonds. The normalized spacial score (nSPS) is 16.7. The van der Waals surface area contributed by atoms with Gasteiger partial charge in [-0.05, 0) is 50.9 Å². The van der Waals surface area contributed by atoms with Gasteiger partial charge in [0.05, 0.1) is 0 Å². The molecule has 1 aromatic heterocycles. The van der Waals surface area contributed by atoms with Crippen molar-refractivity contribution in [1.29, 1.82) is 0 Å². The van der Waals surface area contributed by atoms with Crippen LogP contribution in [0.25, 0.3) is 0 Å². The number of amides is 1. The van der Waals surface area contributed by atoms with Crippen LogP contribution in [0.15, 0.2) is 18.3 Å². The third-order valence-corrected chi connectivity index (χ3v) is 3.75. The molecule has 21 heavy (non-hydrogen) atoms. The Labute approximate surface area is 127 Å². The lowest BCUT2D eigenvalue weighted by molar-refractivity contribution is 0.0940. The predicted octanol–water partition coefficient (Wildman–Crippen LogP) is 1.98. The largest absolute Gasteiger partial charge is 0.385 e. The Hall–Kier alpha value is -1.62. The molecule has 0 aromatic carbocycles. The molecule has 0 saturated carbocycles. The molecule has 1 atom stereocenters. The van der Waals surface area contributed by atoms with Crippen molar-refractivity contribution in [3.63, 3.8) is 0 Å². The van der Waals surface area contributed by atoms with Crippen LogP contribution in [0.2, 0.25) is 0 Å². The van der Waals surface area contributed by atoms with E-state index in [0.29, 0.717) is 18.2 Å². The highest BCUT2D eigenvalue weighted by molar-refractivity contribution is 5.93. The summed E-state index contributed by atoms with van der Waals surface area (Å²) >= 11 is 0. The van der Waals surface area contributed by atoms with Gasteiger partial charge in [-0.15, -0.1) is 0 Å². The van der Waals surface area contributed by atoms with Crippen molar-refractivity contribution in [2.24, 2.45) is 5.92 Å². The summed E-state index contributed by atoms with van der Waals surface area (Å²) < 4.78 is 0. The average molecular weight is 290 g/mol. The van der Waals surface area contributed by atoms with Crippen LogP contribution in [0, 0.1) is 5.92 Å². The maximum Gasteiger partial charge on any atom is 0.269 e. The van der Waals surface area contributed by atoms with Crippen molar-refractivity contribution in [3.05, 3.63) is 24.0 Å². The molecule has 2 rings (SSSR count). The van der Waals surface area contributed by atoms with E-state index < -0.39 is 0 Å². The van der Waals surface area contributed by atoms with E-state index >= 15 is 0 Å². The van der Waals surface area contributed by atoms with Gasteiger partial charge in [-0.3, -0.25) is 9.78 Å². The highest BCUT2D eigenvalue weighted by atomic mass is 16.1. The Morgan fingerprint density at radius 3 is 2.90 bits per heavy atom. The highest BCUT2D eigenvalue weighted by Gasteiger charge is 2.15. The lowest BCUT2D eigenvalue weighted by Crippen LogP contribution is -2.34. The second kappa shape index (κ2) is 7.98. The van der Waals surface area contributed by atoms with Gasteiger partial charge < -0.3 is 15.5 Å². The van der Waals surface area contributed by atoms with Gasteiger partial charge in [0.2, 0.25) is 0 Å². The number of pyridine rings is 1. The first-order valence-corrected chi connectivity index (χ1v) is 7.89. The van der Waals surface area contributed by atoms with Gasteiger partial charge in [-0.25, -0.2) is 0 Å².